The Labute approximate surface area is 124 Å². The Bertz CT molecular complexity index is 545. The molecule has 10 heteroatoms. The zero-order valence-electron chi connectivity index (χ0n) is 11.6. The maximum atomic E-state index is 11.8. The van der Waals surface area contributed by atoms with E-state index in [0.29, 0.717) is 6.54 Å². The van der Waals surface area contributed by atoms with E-state index in [1.165, 1.54) is 22.0 Å². The summed E-state index contributed by atoms with van der Waals surface area (Å²) in [5, 5.41) is -0.114. The van der Waals surface area contributed by atoms with Crippen molar-refractivity contribution in [2.75, 3.05) is 20.1 Å². The molecular weight excluding hydrogens is 306 g/mol. The number of imidazole rings is 1. The molecule has 1 atom stereocenters. The second kappa shape index (κ2) is 7.58. The molecule has 116 valence electrons. The molecule has 0 aromatic carbocycles. The average molecular weight is 326 g/mol. The number of carbonyl (C=O) groups is 1. The van der Waals surface area contributed by atoms with Crippen LogP contribution in [0, 0.1) is 0 Å². The molecule has 1 amide bonds. The number of sulfonamides is 1. The highest BCUT2D eigenvalue weighted by Gasteiger charge is 2.20. The van der Waals surface area contributed by atoms with E-state index in [4.69, 9.17) is 5.73 Å². The van der Waals surface area contributed by atoms with Crippen molar-refractivity contribution >= 4 is 28.3 Å². The molecule has 1 unspecified atom stereocenters. The molecule has 1 aromatic heterocycles. The van der Waals surface area contributed by atoms with E-state index in [1.807, 2.05) is 0 Å². The summed E-state index contributed by atoms with van der Waals surface area (Å²) in [4.78, 5) is 16.9. The van der Waals surface area contributed by atoms with Crippen molar-refractivity contribution < 1.29 is 13.2 Å². The van der Waals surface area contributed by atoms with Crippen LogP contribution in [0.3, 0.4) is 0 Å². The number of likely N-dealkylation sites (N-methyl/N-ethyl adjacent to an activating group) is 1. The molecule has 3 N–H and O–H groups in total. The zero-order valence-corrected chi connectivity index (χ0v) is 13.2. The van der Waals surface area contributed by atoms with Gasteiger partial charge in [0.05, 0.1) is 12.9 Å². The van der Waals surface area contributed by atoms with Crippen molar-refractivity contribution in [1.29, 1.82) is 0 Å². The minimum atomic E-state index is -3.76. The van der Waals surface area contributed by atoms with E-state index >= 15 is 0 Å². The summed E-state index contributed by atoms with van der Waals surface area (Å²) < 4.78 is 27.4. The number of hydrogen-bond acceptors (Lipinski definition) is 5. The molecule has 0 saturated heterocycles. The van der Waals surface area contributed by atoms with E-state index in [0.717, 1.165) is 0 Å². The number of carbonyl (C=O) groups excluding carboxylic acids is 1. The van der Waals surface area contributed by atoms with Crippen LogP contribution in [0.25, 0.3) is 0 Å². The summed E-state index contributed by atoms with van der Waals surface area (Å²) in [6, 6.07) is -0.146. The molecule has 8 nitrogen and oxygen atoms in total. The molecule has 0 aliphatic carbocycles. The number of aryl methyl sites for hydroxylation is 1. The number of nitrogens with two attached hydrogens (primary N) is 1. The van der Waals surface area contributed by atoms with Crippen molar-refractivity contribution in [2.45, 2.75) is 18.0 Å². The first kappa shape index (κ1) is 18.8. The first-order valence-corrected chi connectivity index (χ1v) is 7.19. The first-order valence-electron chi connectivity index (χ1n) is 5.71. The largest absolute Gasteiger partial charge is 0.341 e. The normalized spacial score (nSPS) is 12.6. The van der Waals surface area contributed by atoms with Crippen LogP contribution in [0.15, 0.2) is 17.6 Å². The van der Waals surface area contributed by atoms with E-state index in [1.54, 1.807) is 21.0 Å². The van der Waals surface area contributed by atoms with Gasteiger partial charge in [-0.2, -0.15) is 0 Å². The molecule has 0 aliphatic heterocycles. The number of halogens is 1. The van der Waals surface area contributed by atoms with Crippen molar-refractivity contribution in [1.82, 2.24) is 19.2 Å². The number of amides is 1. The van der Waals surface area contributed by atoms with Crippen molar-refractivity contribution in [3.05, 3.63) is 12.5 Å². The van der Waals surface area contributed by atoms with Crippen LogP contribution in [-0.4, -0.2) is 55.0 Å². The highest BCUT2D eigenvalue weighted by Crippen LogP contribution is 2.03. The molecular formula is C10H20ClN5O3S. The van der Waals surface area contributed by atoms with Gasteiger partial charge in [-0.3, -0.25) is 4.79 Å². The maximum absolute atomic E-state index is 11.8. The third-order valence-corrected chi connectivity index (χ3v) is 4.05. The fourth-order valence-electron chi connectivity index (χ4n) is 1.29. The van der Waals surface area contributed by atoms with Crippen LogP contribution in [0.1, 0.15) is 6.92 Å². The van der Waals surface area contributed by atoms with Gasteiger partial charge < -0.3 is 15.2 Å². The molecule has 0 saturated carbocycles. The van der Waals surface area contributed by atoms with Gasteiger partial charge in [-0.25, -0.2) is 18.1 Å². The molecule has 0 aliphatic rings. The second-order valence-electron chi connectivity index (χ2n) is 4.29. The van der Waals surface area contributed by atoms with Gasteiger partial charge in [0.2, 0.25) is 5.91 Å². The lowest BCUT2D eigenvalue weighted by atomic mass is 10.3. The second-order valence-corrected chi connectivity index (χ2v) is 6.01. The molecule has 0 radical (unpaired) electrons. The van der Waals surface area contributed by atoms with E-state index in [2.05, 4.69) is 9.71 Å². The predicted octanol–water partition coefficient (Wildman–Crippen LogP) is -1.07. The summed E-state index contributed by atoms with van der Waals surface area (Å²) in [6.45, 7) is 1.78. The lowest BCUT2D eigenvalue weighted by molar-refractivity contribution is -0.130. The van der Waals surface area contributed by atoms with Crippen molar-refractivity contribution in [2.24, 2.45) is 12.8 Å². The van der Waals surface area contributed by atoms with Crippen LogP contribution in [-0.2, 0) is 21.9 Å². The molecule has 0 bridgehead atoms. The van der Waals surface area contributed by atoms with E-state index in [-0.39, 0.29) is 35.9 Å². The minimum absolute atomic E-state index is 0. The number of aromatic nitrogens is 2. The minimum Gasteiger partial charge on any atom is -0.341 e. The number of rotatable bonds is 6. The van der Waals surface area contributed by atoms with Crippen LogP contribution in [0.2, 0.25) is 0 Å². The van der Waals surface area contributed by atoms with Crippen LogP contribution in [0.4, 0.5) is 0 Å². The monoisotopic (exact) mass is 325 g/mol. The molecule has 1 rings (SSSR count). The lowest BCUT2D eigenvalue weighted by Crippen LogP contribution is -2.44. The van der Waals surface area contributed by atoms with Crippen LogP contribution < -0.4 is 10.5 Å². The maximum Gasteiger partial charge on any atom is 0.260 e. The van der Waals surface area contributed by atoms with E-state index in [9.17, 15) is 13.2 Å². The molecule has 1 aromatic rings. The van der Waals surface area contributed by atoms with Gasteiger partial charge in [0.25, 0.3) is 10.0 Å². The van der Waals surface area contributed by atoms with Gasteiger partial charge in [0.1, 0.15) is 0 Å². The Kier molecular flexibility index (Phi) is 7.14. The number of hydrogen-bond donors (Lipinski definition) is 2. The molecule has 1 heterocycles. The van der Waals surface area contributed by atoms with Gasteiger partial charge in [0, 0.05) is 32.9 Å². The fourth-order valence-corrected chi connectivity index (χ4v) is 2.24. The lowest BCUT2D eigenvalue weighted by Gasteiger charge is -2.23. The Morgan fingerprint density at radius 3 is 2.65 bits per heavy atom. The van der Waals surface area contributed by atoms with Crippen LogP contribution >= 0.6 is 12.4 Å². The van der Waals surface area contributed by atoms with Gasteiger partial charge >= 0.3 is 0 Å². The molecule has 20 heavy (non-hydrogen) atoms. The summed E-state index contributed by atoms with van der Waals surface area (Å²) in [6.07, 6.45) is 2.73. The Balaban J connectivity index is 0.00000361. The topological polar surface area (TPSA) is 110 Å². The fraction of sp³-hybridized carbons (Fsp3) is 0.600. The summed E-state index contributed by atoms with van der Waals surface area (Å²) in [5.74, 6) is -0.350. The highest BCUT2D eigenvalue weighted by molar-refractivity contribution is 7.89. The van der Waals surface area contributed by atoms with E-state index < -0.39 is 10.0 Å². The zero-order chi connectivity index (χ0) is 14.6. The van der Waals surface area contributed by atoms with Crippen molar-refractivity contribution in [3.63, 3.8) is 0 Å². The Hall–Kier alpha value is -1.16. The van der Waals surface area contributed by atoms with Gasteiger partial charge in [-0.1, -0.05) is 0 Å². The summed E-state index contributed by atoms with van der Waals surface area (Å²) in [5.41, 5.74) is 5.44. The predicted molar refractivity (Wildman–Crippen MR) is 76.9 cm³/mol. The third kappa shape index (κ3) is 4.75. The first-order chi connectivity index (χ1) is 8.77. The standard InChI is InChI=1S/C10H19N5O3S.ClH/c1-8(4-11)15(3)10(16)5-13-19(17,18)9-6-14(2)7-12-9;/h6-8,13H,4-5,11H2,1-3H3;1H. The van der Waals surface area contributed by atoms with Gasteiger partial charge in [-0.15, -0.1) is 12.4 Å². The summed E-state index contributed by atoms with van der Waals surface area (Å²) >= 11 is 0. The van der Waals surface area contributed by atoms with Gasteiger partial charge in [-0.05, 0) is 6.92 Å². The van der Waals surface area contributed by atoms with Gasteiger partial charge in [0.15, 0.2) is 5.03 Å². The van der Waals surface area contributed by atoms with Crippen molar-refractivity contribution in [3.8, 4) is 0 Å². The highest BCUT2D eigenvalue weighted by atomic mass is 35.5. The quantitative estimate of drug-likeness (QED) is 0.691. The Morgan fingerprint density at radius 2 is 2.20 bits per heavy atom. The third-order valence-electron chi connectivity index (χ3n) is 2.77. The summed E-state index contributed by atoms with van der Waals surface area (Å²) in [7, 11) is -0.522. The van der Waals surface area contributed by atoms with Crippen LogP contribution in [0.5, 0.6) is 0 Å². The number of nitrogens with one attached hydrogen (secondary N) is 1. The average Bonchev–Trinajstić information content (AvgIpc) is 2.81. The number of nitrogens with zero attached hydrogens (tertiary/aromatic N) is 3. The molecule has 0 spiro atoms. The smallest absolute Gasteiger partial charge is 0.260 e. The molecule has 0 fully saturated rings. The SMILES string of the molecule is CC(CN)N(C)C(=O)CNS(=O)(=O)c1cn(C)cn1.Cl. The Morgan fingerprint density at radius 1 is 1.60 bits per heavy atom.